The minimum Gasteiger partial charge on any atom is -0.385 e. The molecule has 0 bridgehead atoms. The molecule has 1 saturated carbocycles. The van der Waals surface area contributed by atoms with E-state index in [4.69, 9.17) is 6.42 Å². The predicted octanol–water partition coefficient (Wildman–Crippen LogP) is 2.51. The molecule has 2 aliphatic carbocycles. The van der Waals surface area contributed by atoms with Gasteiger partial charge in [0.05, 0.1) is 5.60 Å². The van der Waals surface area contributed by atoms with Crippen molar-refractivity contribution >= 4 is 0 Å². The smallest absolute Gasteiger partial charge is 0.0899 e. The molecule has 0 unspecified atom stereocenters. The van der Waals surface area contributed by atoms with Gasteiger partial charge in [-0.1, -0.05) is 19.9 Å². The standard InChI is InChI=1S/C13H18O/c1-4-5-10-9-13(10,14)11-6-7-12(2,3)8-11/h1,6,10,14H,5,7-9H2,2-3H3/t10-,13-/m1/s1. The molecule has 2 rings (SSSR count). The summed E-state index contributed by atoms with van der Waals surface area (Å²) < 4.78 is 0. The van der Waals surface area contributed by atoms with Gasteiger partial charge in [-0.2, -0.15) is 0 Å². The Hall–Kier alpha value is -0.740. The number of terminal acetylenes is 1. The molecule has 0 heterocycles. The maximum absolute atomic E-state index is 10.3. The van der Waals surface area contributed by atoms with Crippen LogP contribution in [0.3, 0.4) is 0 Å². The zero-order chi connectivity index (χ0) is 10.4. The summed E-state index contributed by atoms with van der Waals surface area (Å²) in [6.07, 6.45) is 11.2. The number of aliphatic hydroxyl groups is 1. The highest BCUT2D eigenvalue weighted by Gasteiger charge is 2.56. The second-order valence-corrected chi connectivity index (χ2v) is 5.51. The van der Waals surface area contributed by atoms with E-state index in [1.54, 1.807) is 0 Å². The molecule has 0 radical (unpaired) electrons. The van der Waals surface area contributed by atoms with Gasteiger partial charge in [0, 0.05) is 12.3 Å². The normalized spacial score (nSPS) is 39.0. The van der Waals surface area contributed by atoms with E-state index < -0.39 is 5.60 Å². The number of allylic oxidation sites excluding steroid dienone is 1. The van der Waals surface area contributed by atoms with Gasteiger partial charge < -0.3 is 5.11 Å². The predicted molar refractivity (Wildman–Crippen MR) is 57.6 cm³/mol. The third-order valence-electron chi connectivity index (χ3n) is 3.56. The van der Waals surface area contributed by atoms with E-state index in [0.717, 1.165) is 19.3 Å². The molecule has 0 spiro atoms. The second-order valence-electron chi connectivity index (χ2n) is 5.51. The largest absolute Gasteiger partial charge is 0.385 e. The van der Waals surface area contributed by atoms with Crippen LogP contribution in [-0.4, -0.2) is 10.7 Å². The van der Waals surface area contributed by atoms with Crippen LogP contribution in [0.15, 0.2) is 11.6 Å². The minimum atomic E-state index is -0.528. The van der Waals surface area contributed by atoms with E-state index in [0.29, 0.717) is 17.8 Å². The lowest BCUT2D eigenvalue weighted by molar-refractivity contribution is 0.162. The monoisotopic (exact) mass is 190 g/mol. The van der Waals surface area contributed by atoms with Gasteiger partial charge in [0.2, 0.25) is 0 Å². The van der Waals surface area contributed by atoms with Crippen LogP contribution in [0.4, 0.5) is 0 Å². The second kappa shape index (κ2) is 2.87. The molecule has 1 fully saturated rings. The lowest BCUT2D eigenvalue weighted by atomic mass is 9.88. The fourth-order valence-corrected chi connectivity index (χ4v) is 2.48. The van der Waals surface area contributed by atoms with E-state index in [1.165, 1.54) is 5.57 Å². The van der Waals surface area contributed by atoms with Crippen LogP contribution in [0.5, 0.6) is 0 Å². The van der Waals surface area contributed by atoms with Crippen LogP contribution >= 0.6 is 0 Å². The maximum Gasteiger partial charge on any atom is 0.0899 e. The van der Waals surface area contributed by atoms with Gasteiger partial charge in [-0.15, -0.1) is 12.3 Å². The van der Waals surface area contributed by atoms with Gasteiger partial charge in [-0.3, -0.25) is 0 Å². The SMILES string of the molecule is C#CC[C@@H]1C[C@]1(O)C1=CCC(C)(C)C1. The Morgan fingerprint density at radius 3 is 2.86 bits per heavy atom. The van der Waals surface area contributed by atoms with Gasteiger partial charge in [0.1, 0.15) is 0 Å². The lowest BCUT2D eigenvalue weighted by Crippen LogP contribution is -2.16. The highest BCUT2D eigenvalue weighted by molar-refractivity contribution is 5.33. The van der Waals surface area contributed by atoms with Crippen molar-refractivity contribution in [1.29, 1.82) is 0 Å². The fourth-order valence-electron chi connectivity index (χ4n) is 2.48. The van der Waals surface area contributed by atoms with E-state index >= 15 is 0 Å². The molecule has 1 heteroatoms. The first-order valence-corrected chi connectivity index (χ1v) is 5.33. The molecule has 0 aromatic heterocycles. The van der Waals surface area contributed by atoms with E-state index in [9.17, 15) is 5.11 Å². The highest BCUT2D eigenvalue weighted by atomic mass is 16.3. The van der Waals surface area contributed by atoms with Crippen LogP contribution in [0.25, 0.3) is 0 Å². The van der Waals surface area contributed by atoms with Crippen molar-refractivity contribution in [3.8, 4) is 12.3 Å². The summed E-state index contributed by atoms with van der Waals surface area (Å²) in [6.45, 7) is 4.50. The van der Waals surface area contributed by atoms with Crippen molar-refractivity contribution in [3.05, 3.63) is 11.6 Å². The molecule has 0 saturated heterocycles. The van der Waals surface area contributed by atoms with Crippen LogP contribution in [0.2, 0.25) is 0 Å². The third-order valence-corrected chi connectivity index (χ3v) is 3.56. The average molecular weight is 190 g/mol. The Morgan fingerprint density at radius 2 is 2.36 bits per heavy atom. The molecule has 14 heavy (non-hydrogen) atoms. The van der Waals surface area contributed by atoms with Crippen molar-refractivity contribution in [3.63, 3.8) is 0 Å². The highest BCUT2D eigenvalue weighted by Crippen LogP contribution is 2.56. The molecule has 0 aromatic rings. The average Bonchev–Trinajstić information content (AvgIpc) is 2.56. The first-order chi connectivity index (χ1) is 6.48. The zero-order valence-corrected chi connectivity index (χ0v) is 9.01. The summed E-state index contributed by atoms with van der Waals surface area (Å²) in [5.41, 5.74) is 1.05. The van der Waals surface area contributed by atoms with E-state index in [2.05, 4.69) is 25.8 Å². The van der Waals surface area contributed by atoms with Crippen LogP contribution < -0.4 is 0 Å². The first-order valence-electron chi connectivity index (χ1n) is 5.33. The van der Waals surface area contributed by atoms with Gasteiger partial charge in [-0.05, 0) is 30.3 Å². The summed E-state index contributed by atoms with van der Waals surface area (Å²) >= 11 is 0. The van der Waals surface area contributed by atoms with Crippen LogP contribution in [0, 0.1) is 23.7 Å². The summed E-state index contributed by atoms with van der Waals surface area (Å²) in [6, 6.07) is 0. The van der Waals surface area contributed by atoms with E-state index in [1.807, 2.05) is 0 Å². The molecule has 0 aromatic carbocycles. The van der Waals surface area contributed by atoms with Crippen LogP contribution in [-0.2, 0) is 0 Å². The summed E-state index contributed by atoms with van der Waals surface area (Å²) in [5, 5.41) is 10.3. The molecule has 1 N–H and O–H groups in total. The number of hydrogen-bond acceptors (Lipinski definition) is 1. The maximum atomic E-state index is 10.3. The van der Waals surface area contributed by atoms with Crippen molar-refractivity contribution in [2.24, 2.45) is 11.3 Å². The molecule has 2 aliphatic rings. The first kappa shape index (κ1) is 9.80. The minimum absolute atomic E-state index is 0.327. The zero-order valence-electron chi connectivity index (χ0n) is 9.01. The van der Waals surface area contributed by atoms with Gasteiger partial charge >= 0.3 is 0 Å². The topological polar surface area (TPSA) is 20.2 Å². The summed E-state index contributed by atoms with van der Waals surface area (Å²) in [5.74, 6) is 2.97. The molecule has 2 atom stereocenters. The molecule has 0 aliphatic heterocycles. The number of hydrogen-bond donors (Lipinski definition) is 1. The molecule has 0 amide bonds. The van der Waals surface area contributed by atoms with Gasteiger partial charge in [0.15, 0.2) is 0 Å². The fraction of sp³-hybridized carbons (Fsp3) is 0.692. The van der Waals surface area contributed by atoms with Crippen molar-refractivity contribution in [2.45, 2.75) is 45.1 Å². The Balaban J connectivity index is 2.03. The Labute approximate surface area is 86.2 Å². The molecule has 76 valence electrons. The quantitative estimate of drug-likeness (QED) is 0.524. The summed E-state index contributed by atoms with van der Waals surface area (Å²) in [7, 11) is 0. The van der Waals surface area contributed by atoms with E-state index in [-0.39, 0.29) is 0 Å². The van der Waals surface area contributed by atoms with Crippen molar-refractivity contribution < 1.29 is 5.11 Å². The number of rotatable bonds is 2. The lowest BCUT2D eigenvalue weighted by Gasteiger charge is -2.19. The third kappa shape index (κ3) is 1.48. The molecule has 1 nitrogen and oxygen atoms in total. The van der Waals surface area contributed by atoms with Crippen molar-refractivity contribution in [1.82, 2.24) is 0 Å². The van der Waals surface area contributed by atoms with Crippen molar-refractivity contribution in [2.75, 3.05) is 0 Å². The van der Waals surface area contributed by atoms with Gasteiger partial charge in [-0.25, -0.2) is 0 Å². The molecular formula is C13H18O. The summed E-state index contributed by atoms with van der Waals surface area (Å²) in [4.78, 5) is 0. The Kier molecular flexibility index (Phi) is 2.01. The Morgan fingerprint density at radius 1 is 1.64 bits per heavy atom. The van der Waals surface area contributed by atoms with Gasteiger partial charge in [0.25, 0.3) is 0 Å². The Bertz CT molecular complexity index is 319. The molecular weight excluding hydrogens is 172 g/mol. The van der Waals surface area contributed by atoms with Crippen LogP contribution in [0.1, 0.15) is 39.5 Å².